The quantitative estimate of drug-likeness (QED) is 0.888. The number of hydrogen-bond donors (Lipinski definition) is 1. The molecule has 5 heteroatoms. The molecule has 0 saturated carbocycles. The second kappa shape index (κ2) is 6.21. The predicted octanol–water partition coefficient (Wildman–Crippen LogP) is 4.16. The highest BCUT2D eigenvalue weighted by Gasteiger charge is 2.05. The van der Waals surface area contributed by atoms with E-state index in [1.165, 1.54) is 6.07 Å². The first-order chi connectivity index (χ1) is 9.06. The second-order valence-corrected chi connectivity index (χ2v) is 4.99. The topological polar surface area (TPSA) is 12.0 Å². The summed E-state index contributed by atoms with van der Waals surface area (Å²) in [5, 5.41) is 2.88. The minimum Gasteiger partial charge on any atom is -0.308 e. The molecular weight excluding hydrogens is 319 g/mol. The van der Waals surface area contributed by atoms with Gasteiger partial charge in [-0.2, -0.15) is 0 Å². The van der Waals surface area contributed by atoms with Crippen molar-refractivity contribution in [2.45, 2.75) is 13.1 Å². The Bertz CT molecular complexity index is 587. The lowest BCUT2D eigenvalue weighted by Gasteiger charge is -2.07. The summed E-state index contributed by atoms with van der Waals surface area (Å²) < 4.78 is 40.5. The molecule has 0 fully saturated rings. The smallest absolute Gasteiger partial charge is 0.128 e. The highest BCUT2D eigenvalue weighted by molar-refractivity contribution is 9.10. The molecule has 2 aromatic rings. The van der Waals surface area contributed by atoms with Gasteiger partial charge in [0.1, 0.15) is 17.5 Å². The Kier molecular flexibility index (Phi) is 4.61. The van der Waals surface area contributed by atoms with E-state index in [9.17, 15) is 13.2 Å². The van der Waals surface area contributed by atoms with Crippen LogP contribution in [0.25, 0.3) is 0 Å². The Morgan fingerprint density at radius 3 is 2.32 bits per heavy atom. The van der Waals surface area contributed by atoms with Crippen LogP contribution in [0.4, 0.5) is 13.2 Å². The first kappa shape index (κ1) is 14.1. The molecule has 0 saturated heterocycles. The minimum absolute atomic E-state index is 0.138. The van der Waals surface area contributed by atoms with Crippen LogP contribution in [0.2, 0.25) is 0 Å². The van der Waals surface area contributed by atoms with Crippen LogP contribution in [-0.2, 0) is 13.1 Å². The summed E-state index contributed by atoms with van der Waals surface area (Å²) in [4.78, 5) is 0. The molecule has 19 heavy (non-hydrogen) atoms. The number of rotatable bonds is 4. The zero-order chi connectivity index (χ0) is 13.8. The normalized spacial score (nSPS) is 10.7. The summed E-state index contributed by atoms with van der Waals surface area (Å²) in [6, 6.07) is 7.98. The van der Waals surface area contributed by atoms with Gasteiger partial charge in [-0.05, 0) is 30.3 Å². The Hall–Kier alpha value is -1.33. The molecule has 0 heterocycles. The van der Waals surface area contributed by atoms with E-state index in [-0.39, 0.29) is 24.5 Å². The van der Waals surface area contributed by atoms with Crippen molar-refractivity contribution in [3.63, 3.8) is 0 Å². The SMILES string of the molecule is Fc1ccc(F)c(CNCc2ccc(Br)cc2F)c1. The monoisotopic (exact) mass is 329 g/mol. The van der Waals surface area contributed by atoms with Crippen molar-refractivity contribution in [2.24, 2.45) is 0 Å². The molecule has 0 spiro atoms. The van der Waals surface area contributed by atoms with Gasteiger partial charge in [0, 0.05) is 28.7 Å². The molecule has 0 unspecified atom stereocenters. The molecule has 0 aliphatic carbocycles. The van der Waals surface area contributed by atoms with Gasteiger partial charge in [0.15, 0.2) is 0 Å². The molecule has 0 bridgehead atoms. The molecule has 2 aromatic carbocycles. The van der Waals surface area contributed by atoms with Gasteiger partial charge in [0.25, 0.3) is 0 Å². The third kappa shape index (κ3) is 3.81. The fourth-order valence-electron chi connectivity index (χ4n) is 1.68. The molecule has 2 rings (SSSR count). The fourth-order valence-corrected chi connectivity index (χ4v) is 2.01. The summed E-state index contributed by atoms with van der Waals surface area (Å²) in [5.74, 6) is -1.32. The predicted molar refractivity (Wildman–Crippen MR) is 71.0 cm³/mol. The van der Waals surface area contributed by atoms with Gasteiger partial charge in [0.05, 0.1) is 0 Å². The molecule has 0 aliphatic heterocycles. The van der Waals surface area contributed by atoms with Crippen molar-refractivity contribution in [3.05, 3.63) is 69.4 Å². The van der Waals surface area contributed by atoms with Gasteiger partial charge in [-0.15, -0.1) is 0 Å². The number of nitrogens with one attached hydrogen (secondary N) is 1. The first-order valence-electron chi connectivity index (χ1n) is 5.65. The van der Waals surface area contributed by atoms with E-state index in [1.807, 2.05) is 0 Å². The average Bonchev–Trinajstić information content (AvgIpc) is 2.36. The van der Waals surface area contributed by atoms with Crippen LogP contribution in [0.5, 0.6) is 0 Å². The number of halogens is 4. The Morgan fingerprint density at radius 1 is 0.842 bits per heavy atom. The maximum absolute atomic E-state index is 13.5. The highest BCUT2D eigenvalue weighted by atomic mass is 79.9. The largest absolute Gasteiger partial charge is 0.308 e. The minimum atomic E-state index is -0.493. The van der Waals surface area contributed by atoms with E-state index in [2.05, 4.69) is 21.2 Å². The van der Waals surface area contributed by atoms with Crippen molar-refractivity contribution in [3.8, 4) is 0 Å². The molecule has 1 N–H and O–H groups in total. The van der Waals surface area contributed by atoms with Crippen LogP contribution >= 0.6 is 15.9 Å². The summed E-state index contributed by atoms with van der Waals surface area (Å²) in [5.41, 5.74) is 0.692. The molecule has 1 nitrogen and oxygen atoms in total. The molecule has 0 aromatic heterocycles. The van der Waals surface area contributed by atoms with Crippen LogP contribution in [0.1, 0.15) is 11.1 Å². The average molecular weight is 330 g/mol. The summed E-state index contributed by atoms with van der Waals surface area (Å²) in [6.07, 6.45) is 0. The lowest BCUT2D eigenvalue weighted by Crippen LogP contribution is -2.14. The van der Waals surface area contributed by atoms with Crippen molar-refractivity contribution < 1.29 is 13.2 Å². The molecule has 0 amide bonds. The Labute approximate surface area is 117 Å². The van der Waals surface area contributed by atoms with E-state index in [4.69, 9.17) is 0 Å². The number of hydrogen-bond acceptors (Lipinski definition) is 1. The summed E-state index contributed by atoms with van der Waals surface area (Å²) >= 11 is 3.17. The molecule has 0 aliphatic rings. The van der Waals surface area contributed by atoms with Crippen LogP contribution < -0.4 is 5.32 Å². The second-order valence-electron chi connectivity index (χ2n) is 4.08. The summed E-state index contributed by atoms with van der Waals surface area (Å²) in [6.45, 7) is 0.383. The van der Waals surface area contributed by atoms with E-state index >= 15 is 0 Å². The van der Waals surface area contributed by atoms with Crippen molar-refractivity contribution in [1.29, 1.82) is 0 Å². The van der Waals surface area contributed by atoms with E-state index in [1.54, 1.807) is 12.1 Å². The van der Waals surface area contributed by atoms with Crippen molar-refractivity contribution in [1.82, 2.24) is 5.32 Å². The van der Waals surface area contributed by atoms with Crippen molar-refractivity contribution >= 4 is 15.9 Å². The molecular formula is C14H11BrF3N. The maximum atomic E-state index is 13.5. The van der Waals surface area contributed by atoms with Gasteiger partial charge in [-0.3, -0.25) is 0 Å². The van der Waals surface area contributed by atoms with Crippen molar-refractivity contribution in [2.75, 3.05) is 0 Å². The van der Waals surface area contributed by atoms with Crippen LogP contribution in [-0.4, -0.2) is 0 Å². The van der Waals surface area contributed by atoms with Gasteiger partial charge >= 0.3 is 0 Å². The fraction of sp³-hybridized carbons (Fsp3) is 0.143. The van der Waals surface area contributed by atoms with E-state index in [0.29, 0.717) is 10.0 Å². The zero-order valence-corrected chi connectivity index (χ0v) is 11.5. The maximum Gasteiger partial charge on any atom is 0.128 e. The van der Waals surface area contributed by atoms with Crippen LogP contribution in [0.15, 0.2) is 40.9 Å². The standard InChI is InChI=1S/C14H11BrF3N/c15-11-2-1-9(14(18)6-11)7-19-8-10-5-12(16)3-4-13(10)17/h1-6,19H,7-8H2. The van der Waals surface area contributed by atoms with Crippen LogP contribution in [0, 0.1) is 17.5 Å². The van der Waals surface area contributed by atoms with Gasteiger partial charge < -0.3 is 5.32 Å². The summed E-state index contributed by atoms with van der Waals surface area (Å²) in [7, 11) is 0. The third-order valence-electron chi connectivity index (χ3n) is 2.65. The lowest BCUT2D eigenvalue weighted by atomic mass is 10.2. The van der Waals surface area contributed by atoms with Gasteiger partial charge in [-0.25, -0.2) is 13.2 Å². The zero-order valence-electron chi connectivity index (χ0n) is 9.89. The lowest BCUT2D eigenvalue weighted by molar-refractivity contribution is 0.558. The molecule has 100 valence electrons. The van der Waals surface area contributed by atoms with Crippen LogP contribution in [0.3, 0.4) is 0 Å². The van der Waals surface area contributed by atoms with E-state index in [0.717, 1.165) is 18.2 Å². The van der Waals surface area contributed by atoms with Gasteiger partial charge in [0.2, 0.25) is 0 Å². The third-order valence-corrected chi connectivity index (χ3v) is 3.15. The Balaban J connectivity index is 1.98. The van der Waals surface area contributed by atoms with E-state index < -0.39 is 11.6 Å². The number of benzene rings is 2. The molecule has 0 atom stereocenters. The Morgan fingerprint density at radius 2 is 1.58 bits per heavy atom. The highest BCUT2D eigenvalue weighted by Crippen LogP contribution is 2.15. The molecule has 0 radical (unpaired) electrons. The first-order valence-corrected chi connectivity index (χ1v) is 6.44. The van der Waals surface area contributed by atoms with Gasteiger partial charge in [-0.1, -0.05) is 22.0 Å².